The first-order valence-corrected chi connectivity index (χ1v) is 8.07. The van der Waals surface area contributed by atoms with Gasteiger partial charge in [-0.25, -0.2) is 0 Å². The Labute approximate surface area is 147 Å². The summed E-state index contributed by atoms with van der Waals surface area (Å²) in [6.45, 7) is 0.267. The molecule has 3 aromatic rings. The number of halogens is 1. The Hall–Kier alpha value is -2.67. The van der Waals surface area contributed by atoms with E-state index >= 15 is 0 Å². The highest BCUT2D eigenvalue weighted by Crippen LogP contribution is 2.21. The monoisotopic (exact) mass is 387 g/mol. The number of anilines is 1. The van der Waals surface area contributed by atoms with Crippen LogP contribution in [-0.2, 0) is 4.79 Å². The molecule has 3 rings (SSSR count). The van der Waals surface area contributed by atoms with Crippen LogP contribution < -0.4 is 10.1 Å². The van der Waals surface area contributed by atoms with E-state index in [0.717, 1.165) is 15.8 Å². The van der Waals surface area contributed by atoms with Crippen molar-refractivity contribution in [2.45, 2.75) is 6.42 Å². The molecule has 0 aliphatic heterocycles. The third kappa shape index (κ3) is 4.42. The standard InChI is InChI=1S/C17H14BrN3O3/c18-13-8-6-12(7-9-13)16-20-21-17(24-16)19-15(22)10-11-23-14-4-2-1-3-5-14/h1-9H,10-11H2,(H,19,21,22). The topological polar surface area (TPSA) is 77.2 Å². The lowest BCUT2D eigenvalue weighted by molar-refractivity contribution is -0.116. The minimum atomic E-state index is -0.253. The van der Waals surface area contributed by atoms with Gasteiger partial charge in [0, 0.05) is 10.0 Å². The molecule has 7 heteroatoms. The number of carbonyl (C=O) groups excluding carboxylic acids is 1. The lowest BCUT2D eigenvalue weighted by Crippen LogP contribution is -2.15. The molecule has 0 atom stereocenters. The Morgan fingerprint density at radius 1 is 1.08 bits per heavy atom. The number of para-hydroxylation sites is 1. The van der Waals surface area contributed by atoms with E-state index in [1.807, 2.05) is 54.6 Å². The number of ether oxygens (including phenoxy) is 1. The molecule has 1 amide bonds. The largest absolute Gasteiger partial charge is 0.493 e. The number of amides is 1. The smallest absolute Gasteiger partial charge is 0.322 e. The van der Waals surface area contributed by atoms with Crippen LogP contribution in [0.3, 0.4) is 0 Å². The molecule has 24 heavy (non-hydrogen) atoms. The molecule has 0 radical (unpaired) electrons. The van der Waals surface area contributed by atoms with E-state index in [4.69, 9.17) is 9.15 Å². The minimum Gasteiger partial charge on any atom is -0.493 e. The van der Waals surface area contributed by atoms with Gasteiger partial charge in [-0.2, -0.15) is 0 Å². The molecule has 122 valence electrons. The summed E-state index contributed by atoms with van der Waals surface area (Å²) in [5, 5.41) is 10.3. The van der Waals surface area contributed by atoms with Crippen molar-refractivity contribution in [1.29, 1.82) is 0 Å². The van der Waals surface area contributed by atoms with Gasteiger partial charge in [0.05, 0.1) is 13.0 Å². The SMILES string of the molecule is O=C(CCOc1ccccc1)Nc1nnc(-c2ccc(Br)cc2)o1. The summed E-state index contributed by atoms with van der Waals surface area (Å²) in [7, 11) is 0. The number of aromatic nitrogens is 2. The van der Waals surface area contributed by atoms with Crippen molar-refractivity contribution in [3.8, 4) is 17.2 Å². The fraction of sp³-hybridized carbons (Fsp3) is 0.118. The number of carbonyl (C=O) groups is 1. The lowest BCUT2D eigenvalue weighted by atomic mass is 10.2. The Balaban J connectivity index is 1.51. The van der Waals surface area contributed by atoms with E-state index in [9.17, 15) is 4.79 Å². The van der Waals surface area contributed by atoms with Crippen LogP contribution in [-0.4, -0.2) is 22.7 Å². The number of hydrogen-bond donors (Lipinski definition) is 1. The molecule has 0 spiro atoms. The van der Waals surface area contributed by atoms with E-state index in [2.05, 4.69) is 31.4 Å². The average Bonchev–Trinajstić information content (AvgIpc) is 3.05. The van der Waals surface area contributed by atoms with Crippen LogP contribution in [0.25, 0.3) is 11.5 Å². The number of nitrogens with zero attached hydrogens (tertiary/aromatic N) is 2. The summed E-state index contributed by atoms with van der Waals surface area (Å²) < 4.78 is 11.9. The number of benzene rings is 2. The maximum Gasteiger partial charge on any atom is 0.322 e. The van der Waals surface area contributed by atoms with E-state index in [0.29, 0.717) is 5.89 Å². The van der Waals surface area contributed by atoms with Crippen LogP contribution >= 0.6 is 15.9 Å². The van der Waals surface area contributed by atoms with Gasteiger partial charge in [-0.05, 0) is 36.4 Å². The van der Waals surface area contributed by atoms with Gasteiger partial charge in [0.1, 0.15) is 5.75 Å². The van der Waals surface area contributed by atoms with E-state index in [-0.39, 0.29) is 24.9 Å². The number of rotatable bonds is 6. The second-order valence-electron chi connectivity index (χ2n) is 4.88. The Morgan fingerprint density at radius 3 is 2.58 bits per heavy atom. The molecule has 1 aromatic heterocycles. The van der Waals surface area contributed by atoms with Crippen molar-refractivity contribution < 1.29 is 13.9 Å². The Morgan fingerprint density at radius 2 is 1.83 bits per heavy atom. The van der Waals surface area contributed by atoms with Crippen LogP contribution in [0.4, 0.5) is 6.01 Å². The zero-order valence-corrected chi connectivity index (χ0v) is 14.2. The van der Waals surface area contributed by atoms with Crippen LogP contribution in [0.2, 0.25) is 0 Å². The first-order valence-electron chi connectivity index (χ1n) is 7.28. The van der Waals surface area contributed by atoms with E-state index in [1.165, 1.54) is 0 Å². The fourth-order valence-corrected chi connectivity index (χ4v) is 2.21. The van der Waals surface area contributed by atoms with Crippen LogP contribution in [0, 0.1) is 0 Å². The second kappa shape index (κ2) is 7.74. The predicted octanol–water partition coefficient (Wildman–Crippen LogP) is 3.91. The zero-order chi connectivity index (χ0) is 16.8. The lowest BCUT2D eigenvalue weighted by Gasteiger charge is -2.04. The molecular weight excluding hydrogens is 374 g/mol. The quantitative estimate of drug-likeness (QED) is 0.693. The maximum atomic E-state index is 11.9. The van der Waals surface area contributed by atoms with E-state index < -0.39 is 0 Å². The molecule has 0 aliphatic carbocycles. The Kier molecular flexibility index (Phi) is 5.22. The van der Waals surface area contributed by atoms with Gasteiger partial charge >= 0.3 is 6.01 Å². The van der Waals surface area contributed by atoms with Gasteiger partial charge in [-0.15, -0.1) is 5.10 Å². The molecule has 0 bridgehead atoms. The van der Waals surface area contributed by atoms with Crippen molar-refractivity contribution in [1.82, 2.24) is 10.2 Å². The van der Waals surface area contributed by atoms with Crippen LogP contribution in [0.15, 0.2) is 63.5 Å². The summed E-state index contributed by atoms with van der Waals surface area (Å²) in [6.07, 6.45) is 0.185. The number of hydrogen-bond acceptors (Lipinski definition) is 5. The van der Waals surface area contributed by atoms with Gasteiger partial charge in [0.25, 0.3) is 0 Å². The van der Waals surface area contributed by atoms with Crippen molar-refractivity contribution in [3.05, 3.63) is 59.1 Å². The molecule has 6 nitrogen and oxygen atoms in total. The summed E-state index contributed by atoms with van der Waals surface area (Å²) in [6, 6.07) is 16.8. The van der Waals surface area contributed by atoms with Gasteiger partial charge in [-0.3, -0.25) is 10.1 Å². The van der Waals surface area contributed by atoms with E-state index in [1.54, 1.807) is 0 Å². The minimum absolute atomic E-state index is 0.0672. The van der Waals surface area contributed by atoms with Crippen molar-refractivity contribution in [2.24, 2.45) is 0 Å². The molecule has 0 saturated heterocycles. The van der Waals surface area contributed by atoms with Gasteiger partial charge < -0.3 is 9.15 Å². The summed E-state index contributed by atoms with van der Waals surface area (Å²) in [5.74, 6) is 0.816. The van der Waals surface area contributed by atoms with Crippen molar-refractivity contribution >= 4 is 27.9 Å². The fourth-order valence-electron chi connectivity index (χ4n) is 1.94. The van der Waals surface area contributed by atoms with Crippen LogP contribution in [0.5, 0.6) is 5.75 Å². The zero-order valence-electron chi connectivity index (χ0n) is 12.6. The molecule has 0 unspecified atom stereocenters. The van der Waals surface area contributed by atoms with Crippen molar-refractivity contribution in [3.63, 3.8) is 0 Å². The normalized spacial score (nSPS) is 10.4. The maximum absolute atomic E-state index is 11.9. The first-order chi connectivity index (χ1) is 11.7. The third-order valence-corrected chi connectivity index (χ3v) is 3.63. The van der Waals surface area contributed by atoms with Crippen molar-refractivity contribution in [2.75, 3.05) is 11.9 Å². The average molecular weight is 388 g/mol. The molecule has 1 heterocycles. The van der Waals surface area contributed by atoms with Gasteiger partial charge in [0.2, 0.25) is 11.8 Å². The molecule has 1 N–H and O–H groups in total. The number of nitrogens with one attached hydrogen (secondary N) is 1. The molecule has 0 saturated carbocycles. The summed E-state index contributed by atoms with van der Waals surface area (Å²) >= 11 is 3.36. The first kappa shape index (κ1) is 16.2. The Bertz CT molecular complexity index is 803. The highest BCUT2D eigenvalue weighted by Gasteiger charge is 2.11. The molecule has 0 aliphatic rings. The highest BCUT2D eigenvalue weighted by molar-refractivity contribution is 9.10. The molecular formula is C17H14BrN3O3. The second-order valence-corrected chi connectivity index (χ2v) is 5.79. The predicted molar refractivity (Wildman–Crippen MR) is 92.6 cm³/mol. The van der Waals surface area contributed by atoms with Crippen LogP contribution in [0.1, 0.15) is 6.42 Å². The summed E-state index contributed by atoms with van der Waals surface area (Å²) in [5.41, 5.74) is 0.776. The molecule has 2 aromatic carbocycles. The van der Waals surface area contributed by atoms with Gasteiger partial charge in [0.15, 0.2) is 0 Å². The molecule has 0 fully saturated rings. The van der Waals surface area contributed by atoms with Gasteiger partial charge in [-0.1, -0.05) is 39.2 Å². The summed E-state index contributed by atoms with van der Waals surface area (Å²) in [4.78, 5) is 11.9. The third-order valence-electron chi connectivity index (χ3n) is 3.10. The highest BCUT2D eigenvalue weighted by atomic mass is 79.9.